The Morgan fingerprint density at radius 3 is 2.07 bits per heavy atom. The summed E-state index contributed by atoms with van der Waals surface area (Å²) < 4.78 is 0. The topological polar surface area (TPSA) is 86.5 Å². The van der Waals surface area contributed by atoms with E-state index < -0.39 is 0 Å². The Kier molecular flexibility index (Phi) is 3.69. The van der Waals surface area contributed by atoms with Crippen LogP contribution in [0.2, 0.25) is 0 Å². The number of carbonyl (C=O) groups excluding carboxylic acids is 1. The Balaban J connectivity index is 1.62. The third-order valence-corrected chi connectivity index (χ3v) is 4.63. The van der Waals surface area contributed by atoms with Crippen molar-refractivity contribution in [3.63, 3.8) is 0 Å². The van der Waals surface area contributed by atoms with Gasteiger partial charge in [-0.25, -0.2) is 9.97 Å². The monoisotopic (exact) mass is 367 g/mol. The summed E-state index contributed by atoms with van der Waals surface area (Å²) >= 11 is 0. The number of hydrogen-bond donors (Lipinski definition) is 3. The van der Waals surface area contributed by atoms with Gasteiger partial charge in [0.2, 0.25) is 5.91 Å². The number of fused-ring (bicyclic) bond motifs is 2. The van der Waals surface area contributed by atoms with Gasteiger partial charge in [-0.05, 0) is 30.3 Å². The number of aromatic amines is 2. The van der Waals surface area contributed by atoms with Crippen LogP contribution < -0.4 is 5.32 Å². The van der Waals surface area contributed by atoms with Crippen molar-refractivity contribution < 1.29 is 4.79 Å². The first kappa shape index (κ1) is 16.3. The van der Waals surface area contributed by atoms with Crippen molar-refractivity contribution in [1.82, 2.24) is 19.9 Å². The molecular formula is C22H17N5O. The number of H-pyrrole nitrogens is 2. The molecular weight excluding hydrogens is 350 g/mol. The van der Waals surface area contributed by atoms with Gasteiger partial charge in [-0.2, -0.15) is 0 Å². The largest absolute Gasteiger partial charge is 0.338 e. The van der Waals surface area contributed by atoms with E-state index in [1.165, 1.54) is 6.92 Å². The van der Waals surface area contributed by atoms with Gasteiger partial charge in [-0.15, -0.1) is 0 Å². The molecule has 0 spiro atoms. The molecule has 0 saturated heterocycles. The lowest BCUT2D eigenvalue weighted by Crippen LogP contribution is -2.05. The molecule has 2 aromatic heterocycles. The second-order valence-corrected chi connectivity index (χ2v) is 6.65. The highest BCUT2D eigenvalue weighted by atomic mass is 16.1. The molecule has 0 atom stereocenters. The molecule has 1 amide bonds. The summed E-state index contributed by atoms with van der Waals surface area (Å²) in [6.07, 6.45) is 0. The van der Waals surface area contributed by atoms with Gasteiger partial charge in [0.1, 0.15) is 11.6 Å². The van der Waals surface area contributed by atoms with Gasteiger partial charge in [-0.3, -0.25) is 4.79 Å². The number of nitrogens with zero attached hydrogens (tertiary/aromatic N) is 2. The molecule has 0 bridgehead atoms. The van der Waals surface area contributed by atoms with Gasteiger partial charge in [0, 0.05) is 23.7 Å². The normalized spacial score (nSPS) is 11.2. The lowest BCUT2D eigenvalue weighted by atomic mass is 10.1. The third-order valence-electron chi connectivity index (χ3n) is 4.63. The van der Waals surface area contributed by atoms with Crippen molar-refractivity contribution in [3.05, 3.63) is 66.7 Å². The fraction of sp³-hybridized carbons (Fsp3) is 0.0455. The number of aromatic nitrogens is 4. The smallest absolute Gasteiger partial charge is 0.221 e. The van der Waals surface area contributed by atoms with Crippen LogP contribution in [0.15, 0.2) is 66.7 Å². The summed E-state index contributed by atoms with van der Waals surface area (Å²) in [5, 5.41) is 2.80. The van der Waals surface area contributed by atoms with E-state index >= 15 is 0 Å². The van der Waals surface area contributed by atoms with Crippen LogP contribution in [0.25, 0.3) is 44.8 Å². The Morgan fingerprint density at radius 2 is 1.39 bits per heavy atom. The molecule has 2 heterocycles. The quantitative estimate of drug-likeness (QED) is 0.431. The van der Waals surface area contributed by atoms with Crippen LogP contribution in [-0.4, -0.2) is 25.8 Å². The first-order valence-corrected chi connectivity index (χ1v) is 8.99. The van der Waals surface area contributed by atoms with E-state index in [1.54, 1.807) is 0 Å². The molecule has 0 fully saturated rings. The molecule has 5 aromatic rings. The fourth-order valence-electron chi connectivity index (χ4n) is 3.39. The SMILES string of the molecule is CC(=O)Nc1ccc2nc(-c3ccccc3-c3nc4ccccc4[nH]3)[nH]c2c1. The number of benzene rings is 3. The lowest BCUT2D eigenvalue weighted by molar-refractivity contribution is -0.114. The first-order chi connectivity index (χ1) is 13.7. The van der Waals surface area contributed by atoms with Crippen molar-refractivity contribution in [2.75, 3.05) is 5.32 Å². The summed E-state index contributed by atoms with van der Waals surface area (Å²) in [6, 6.07) is 21.6. The molecule has 0 aliphatic heterocycles. The van der Waals surface area contributed by atoms with Crippen molar-refractivity contribution in [2.24, 2.45) is 0 Å². The maximum Gasteiger partial charge on any atom is 0.221 e. The minimum atomic E-state index is -0.102. The minimum Gasteiger partial charge on any atom is -0.338 e. The van der Waals surface area contributed by atoms with E-state index in [9.17, 15) is 4.79 Å². The Hall–Kier alpha value is -3.93. The molecule has 0 aliphatic carbocycles. The maximum absolute atomic E-state index is 11.3. The summed E-state index contributed by atoms with van der Waals surface area (Å²) in [5.74, 6) is 1.46. The highest BCUT2D eigenvalue weighted by Gasteiger charge is 2.14. The van der Waals surface area contributed by atoms with Gasteiger partial charge in [-0.1, -0.05) is 36.4 Å². The molecule has 0 aliphatic rings. The molecule has 0 saturated carbocycles. The summed E-state index contributed by atoms with van der Waals surface area (Å²) in [4.78, 5) is 27.5. The zero-order chi connectivity index (χ0) is 19.1. The minimum absolute atomic E-state index is 0.102. The molecule has 5 rings (SSSR count). The van der Waals surface area contributed by atoms with E-state index in [0.29, 0.717) is 0 Å². The predicted molar refractivity (Wildman–Crippen MR) is 111 cm³/mol. The van der Waals surface area contributed by atoms with Crippen molar-refractivity contribution in [3.8, 4) is 22.8 Å². The fourth-order valence-corrected chi connectivity index (χ4v) is 3.39. The van der Waals surface area contributed by atoms with E-state index in [4.69, 9.17) is 9.97 Å². The molecule has 3 aromatic carbocycles. The van der Waals surface area contributed by atoms with Gasteiger partial charge in [0.15, 0.2) is 0 Å². The summed E-state index contributed by atoms with van der Waals surface area (Å²) in [7, 11) is 0. The van der Waals surface area contributed by atoms with Crippen LogP contribution >= 0.6 is 0 Å². The van der Waals surface area contributed by atoms with E-state index in [-0.39, 0.29) is 5.91 Å². The number of para-hydroxylation sites is 2. The zero-order valence-electron chi connectivity index (χ0n) is 15.2. The molecule has 0 radical (unpaired) electrons. The Labute approximate surface area is 160 Å². The van der Waals surface area contributed by atoms with Gasteiger partial charge in [0.05, 0.1) is 22.1 Å². The highest BCUT2D eigenvalue weighted by Crippen LogP contribution is 2.31. The average molecular weight is 367 g/mol. The molecule has 6 nitrogen and oxygen atoms in total. The number of hydrogen-bond acceptors (Lipinski definition) is 3. The van der Waals surface area contributed by atoms with Crippen LogP contribution in [0.4, 0.5) is 5.69 Å². The second kappa shape index (κ2) is 6.35. The van der Waals surface area contributed by atoms with Crippen LogP contribution in [0.5, 0.6) is 0 Å². The standard InChI is InChI=1S/C22H17N5O/c1-13(28)23-14-10-11-19-20(12-14)27-22(26-19)16-7-3-2-6-15(16)21-24-17-8-4-5-9-18(17)25-21/h2-12H,1H3,(H,23,28)(H,24,25)(H,26,27). The van der Waals surface area contributed by atoms with Crippen molar-refractivity contribution in [2.45, 2.75) is 6.92 Å². The van der Waals surface area contributed by atoms with Gasteiger partial charge in [0.25, 0.3) is 0 Å². The van der Waals surface area contributed by atoms with Gasteiger partial charge >= 0.3 is 0 Å². The van der Waals surface area contributed by atoms with Crippen LogP contribution in [0.1, 0.15) is 6.92 Å². The van der Waals surface area contributed by atoms with E-state index in [2.05, 4.69) is 15.3 Å². The van der Waals surface area contributed by atoms with Crippen LogP contribution in [0.3, 0.4) is 0 Å². The van der Waals surface area contributed by atoms with Crippen LogP contribution in [-0.2, 0) is 4.79 Å². The Morgan fingerprint density at radius 1 is 0.786 bits per heavy atom. The molecule has 6 heteroatoms. The zero-order valence-corrected chi connectivity index (χ0v) is 15.2. The van der Waals surface area contributed by atoms with E-state index in [1.807, 2.05) is 66.7 Å². The predicted octanol–water partition coefficient (Wildman–Crippen LogP) is 4.73. The number of anilines is 1. The van der Waals surface area contributed by atoms with E-state index in [0.717, 1.165) is 50.5 Å². The molecule has 3 N–H and O–H groups in total. The summed E-state index contributed by atoms with van der Waals surface area (Å²) in [6.45, 7) is 1.49. The number of rotatable bonds is 3. The average Bonchev–Trinajstić information content (AvgIpc) is 3.31. The van der Waals surface area contributed by atoms with Crippen LogP contribution in [0, 0.1) is 0 Å². The molecule has 136 valence electrons. The number of carbonyl (C=O) groups is 1. The molecule has 0 unspecified atom stereocenters. The second-order valence-electron chi connectivity index (χ2n) is 6.65. The third kappa shape index (κ3) is 2.81. The number of imidazole rings is 2. The lowest BCUT2D eigenvalue weighted by Gasteiger charge is -2.04. The number of nitrogens with one attached hydrogen (secondary N) is 3. The number of amides is 1. The summed E-state index contributed by atoms with van der Waals surface area (Å²) in [5.41, 5.74) is 6.29. The van der Waals surface area contributed by atoms with Gasteiger partial charge < -0.3 is 15.3 Å². The molecule has 28 heavy (non-hydrogen) atoms. The van der Waals surface area contributed by atoms with Crippen molar-refractivity contribution in [1.29, 1.82) is 0 Å². The highest BCUT2D eigenvalue weighted by molar-refractivity contribution is 5.92. The van der Waals surface area contributed by atoms with Crippen molar-refractivity contribution >= 4 is 33.7 Å². The first-order valence-electron chi connectivity index (χ1n) is 8.99. The maximum atomic E-state index is 11.3. The Bertz CT molecular complexity index is 1300.